The normalized spacial score (nSPS) is 24.6. The Kier molecular flexibility index (Phi) is 6.34. The maximum absolute atomic E-state index is 9.49. The van der Waals surface area contributed by atoms with Crippen molar-refractivity contribution in [2.75, 3.05) is 13.2 Å². The number of hydrogen-bond donors (Lipinski definition) is 2. The molecular weight excluding hydrogens is 270 g/mol. The number of benzene rings is 1. The maximum atomic E-state index is 9.49. The Bertz CT molecular complexity index is 410. The van der Waals surface area contributed by atoms with Gasteiger partial charge in [-0.25, -0.2) is 0 Å². The zero-order valence-corrected chi connectivity index (χ0v) is 13.1. The third-order valence-corrected chi connectivity index (χ3v) is 4.82. The van der Waals surface area contributed by atoms with Gasteiger partial charge in [0, 0.05) is 17.7 Å². The second kappa shape index (κ2) is 8.02. The van der Waals surface area contributed by atoms with Gasteiger partial charge in [0.25, 0.3) is 0 Å². The van der Waals surface area contributed by atoms with Gasteiger partial charge < -0.3 is 10.4 Å². The van der Waals surface area contributed by atoms with Gasteiger partial charge in [-0.2, -0.15) is 0 Å². The first kappa shape index (κ1) is 15.8. The molecule has 0 spiro atoms. The fraction of sp³-hybridized carbons (Fsp3) is 0.647. The molecule has 2 rings (SSSR count). The van der Waals surface area contributed by atoms with E-state index in [0.717, 1.165) is 18.0 Å². The molecule has 20 heavy (non-hydrogen) atoms. The Morgan fingerprint density at radius 1 is 1.30 bits per heavy atom. The summed E-state index contributed by atoms with van der Waals surface area (Å²) < 4.78 is 0. The monoisotopic (exact) mass is 295 g/mol. The summed E-state index contributed by atoms with van der Waals surface area (Å²) in [4.78, 5) is 0. The SMILES string of the molecule is CCC(NCC1CCCCC1CO)c1cccc(Cl)c1. The summed E-state index contributed by atoms with van der Waals surface area (Å²) in [7, 11) is 0. The summed E-state index contributed by atoms with van der Waals surface area (Å²) in [5, 5.41) is 14.0. The quantitative estimate of drug-likeness (QED) is 0.825. The minimum atomic E-state index is 0.334. The van der Waals surface area contributed by atoms with E-state index in [1.165, 1.54) is 31.2 Å². The van der Waals surface area contributed by atoms with Gasteiger partial charge >= 0.3 is 0 Å². The first-order valence-corrected chi connectivity index (χ1v) is 8.22. The molecule has 2 N–H and O–H groups in total. The van der Waals surface area contributed by atoms with Crippen LogP contribution >= 0.6 is 11.6 Å². The van der Waals surface area contributed by atoms with Crippen LogP contribution in [0.4, 0.5) is 0 Å². The van der Waals surface area contributed by atoms with Gasteiger partial charge in [0.15, 0.2) is 0 Å². The highest BCUT2D eigenvalue weighted by Gasteiger charge is 2.24. The summed E-state index contributed by atoms with van der Waals surface area (Å²) in [6, 6.07) is 8.47. The van der Waals surface area contributed by atoms with E-state index in [1.807, 2.05) is 18.2 Å². The van der Waals surface area contributed by atoms with Crippen LogP contribution in [0.15, 0.2) is 24.3 Å². The van der Waals surface area contributed by atoms with Crippen LogP contribution in [0.2, 0.25) is 5.02 Å². The minimum absolute atomic E-state index is 0.334. The molecule has 3 atom stereocenters. The van der Waals surface area contributed by atoms with E-state index in [0.29, 0.717) is 24.5 Å². The molecule has 2 nitrogen and oxygen atoms in total. The lowest BCUT2D eigenvalue weighted by Gasteiger charge is -2.32. The zero-order chi connectivity index (χ0) is 14.4. The van der Waals surface area contributed by atoms with Crippen molar-refractivity contribution in [2.45, 2.75) is 45.1 Å². The number of aliphatic hydroxyl groups excluding tert-OH is 1. The molecule has 0 bridgehead atoms. The summed E-state index contributed by atoms with van der Waals surface area (Å²) >= 11 is 6.08. The van der Waals surface area contributed by atoms with Gasteiger partial charge in [0.2, 0.25) is 0 Å². The Balaban J connectivity index is 1.93. The number of rotatable bonds is 6. The maximum Gasteiger partial charge on any atom is 0.0462 e. The summed E-state index contributed by atoms with van der Waals surface area (Å²) in [5.74, 6) is 1.09. The van der Waals surface area contributed by atoms with Crippen molar-refractivity contribution in [1.82, 2.24) is 5.32 Å². The summed E-state index contributed by atoms with van der Waals surface area (Å²) in [6.07, 6.45) is 6.04. The van der Waals surface area contributed by atoms with Crippen molar-refractivity contribution in [3.8, 4) is 0 Å². The number of nitrogens with one attached hydrogen (secondary N) is 1. The Morgan fingerprint density at radius 2 is 2.05 bits per heavy atom. The molecule has 0 radical (unpaired) electrons. The van der Waals surface area contributed by atoms with Gasteiger partial charge in [0.1, 0.15) is 0 Å². The Labute approximate surface area is 127 Å². The van der Waals surface area contributed by atoms with Crippen molar-refractivity contribution in [3.05, 3.63) is 34.9 Å². The molecule has 1 aromatic carbocycles. The van der Waals surface area contributed by atoms with Crippen LogP contribution in [0, 0.1) is 11.8 Å². The third-order valence-electron chi connectivity index (χ3n) is 4.59. The van der Waals surface area contributed by atoms with Gasteiger partial charge in [-0.1, -0.05) is 43.5 Å². The standard InChI is InChI=1S/C17H26ClNO/c1-2-17(13-8-5-9-16(18)10-13)19-11-14-6-3-4-7-15(14)12-20/h5,8-10,14-15,17,19-20H,2-4,6-7,11-12H2,1H3. The number of aliphatic hydroxyl groups is 1. The van der Waals surface area contributed by atoms with Crippen molar-refractivity contribution in [1.29, 1.82) is 0 Å². The molecule has 0 heterocycles. The first-order chi connectivity index (χ1) is 9.74. The van der Waals surface area contributed by atoms with Crippen LogP contribution in [-0.2, 0) is 0 Å². The fourth-order valence-corrected chi connectivity index (χ4v) is 3.51. The molecule has 3 unspecified atom stereocenters. The van der Waals surface area contributed by atoms with Gasteiger partial charge in [-0.05, 0) is 55.3 Å². The first-order valence-electron chi connectivity index (χ1n) is 7.84. The molecule has 1 aliphatic carbocycles. The van der Waals surface area contributed by atoms with E-state index in [2.05, 4.69) is 18.3 Å². The van der Waals surface area contributed by atoms with E-state index in [-0.39, 0.29) is 0 Å². The van der Waals surface area contributed by atoms with Crippen molar-refractivity contribution < 1.29 is 5.11 Å². The zero-order valence-electron chi connectivity index (χ0n) is 12.3. The highest BCUT2D eigenvalue weighted by Crippen LogP contribution is 2.30. The molecule has 3 heteroatoms. The van der Waals surface area contributed by atoms with E-state index in [9.17, 15) is 5.11 Å². The molecule has 1 aromatic rings. The van der Waals surface area contributed by atoms with Crippen LogP contribution in [-0.4, -0.2) is 18.3 Å². The van der Waals surface area contributed by atoms with Gasteiger partial charge in [0.05, 0.1) is 0 Å². The molecule has 112 valence electrons. The van der Waals surface area contributed by atoms with Crippen molar-refractivity contribution in [2.24, 2.45) is 11.8 Å². The average molecular weight is 296 g/mol. The molecule has 0 aliphatic heterocycles. The highest BCUT2D eigenvalue weighted by molar-refractivity contribution is 6.30. The predicted molar refractivity (Wildman–Crippen MR) is 85.0 cm³/mol. The average Bonchev–Trinajstić information content (AvgIpc) is 2.48. The van der Waals surface area contributed by atoms with E-state index in [4.69, 9.17) is 11.6 Å². The number of hydrogen-bond acceptors (Lipinski definition) is 2. The second-order valence-corrected chi connectivity index (χ2v) is 6.35. The van der Waals surface area contributed by atoms with Gasteiger partial charge in [-0.3, -0.25) is 0 Å². The van der Waals surface area contributed by atoms with Crippen LogP contribution in [0.25, 0.3) is 0 Å². The second-order valence-electron chi connectivity index (χ2n) is 5.91. The Morgan fingerprint density at radius 3 is 2.70 bits per heavy atom. The fourth-order valence-electron chi connectivity index (χ4n) is 3.31. The molecule has 0 saturated heterocycles. The van der Waals surface area contributed by atoms with Crippen LogP contribution < -0.4 is 5.32 Å². The van der Waals surface area contributed by atoms with Crippen LogP contribution in [0.1, 0.15) is 50.6 Å². The third kappa shape index (κ3) is 4.21. The number of halogens is 1. The topological polar surface area (TPSA) is 32.3 Å². The predicted octanol–water partition coefficient (Wildman–Crippen LogP) is 4.18. The molecule has 1 fully saturated rings. The van der Waals surface area contributed by atoms with Crippen LogP contribution in [0.5, 0.6) is 0 Å². The molecule has 1 saturated carbocycles. The van der Waals surface area contributed by atoms with Crippen molar-refractivity contribution in [3.63, 3.8) is 0 Å². The lowest BCUT2D eigenvalue weighted by atomic mass is 9.79. The highest BCUT2D eigenvalue weighted by atomic mass is 35.5. The molecule has 0 aromatic heterocycles. The largest absolute Gasteiger partial charge is 0.396 e. The summed E-state index contributed by atoms with van der Waals surface area (Å²) in [5.41, 5.74) is 1.26. The minimum Gasteiger partial charge on any atom is -0.396 e. The van der Waals surface area contributed by atoms with E-state index in [1.54, 1.807) is 0 Å². The Hall–Kier alpha value is -0.570. The van der Waals surface area contributed by atoms with Gasteiger partial charge in [-0.15, -0.1) is 0 Å². The molecule has 1 aliphatic rings. The smallest absolute Gasteiger partial charge is 0.0462 e. The van der Waals surface area contributed by atoms with E-state index >= 15 is 0 Å². The summed E-state index contributed by atoms with van der Waals surface area (Å²) in [6.45, 7) is 3.53. The lowest BCUT2D eigenvalue weighted by Crippen LogP contribution is -2.34. The molecular formula is C17H26ClNO. The molecule has 0 amide bonds. The van der Waals surface area contributed by atoms with E-state index < -0.39 is 0 Å². The lowest BCUT2D eigenvalue weighted by molar-refractivity contribution is 0.131. The van der Waals surface area contributed by atoms with Crippen LogP contribution in [0.3, 0.4) is 0 Å². The van der Waals surface area contributed by atoms with Crippen molar-refractivity contribution >= 4 is 11.6 Å².